The van der Waals surface area contributed by atoms with Gasteiger partial charge in [0, 0.05) is 49.1 Å². The summed E-state index contributed by atoms with van der Waals surface area (Å²) in [7, 11) is 1.89. The van der Waals surface area contributed by atoms with Crippen molar-refractivity contribution in [1.82, 2.24) is 23.7 Å². The summed E-state index contributed by atoms with van der Waals surface area (Å²) in [5.74, 6) is 0.154. The van der Waals surface area contributed by atoms with E-state index in [2.05, 4.69) is 4.98 Å². The minimum Gasteiger partial charge on any atom is -0.366 e. The molecular weight excluding hydrogens is 528 g/mol. The second kappa shape index (κ2) is 11.9. The summed E-state index contributed by atoms with van der Waals surface area (Å²) in [5.41, 5.74) is 9.23. The minimum absolute atomic E-state index is 0.0620. The van der Waals surface area contributed by atoms with Crippen LogP contribution in [0.1, 0.15) is 87.4 Å². The molecule has 3 heterocycles. The molecule has 42 heavy (non-hydrogen) atoms. The molecule has 2 saturated carbocycles. The molecule has 3 aromatic heterocycles. The van der Waals surface area contributed by atoms with E-state index in [1.165, 1.54) is 11.0 Å². The summed E-state index contributed by atoms with van der Waals surface area (Å²) in [6.45, 7) is 0. The van der Waals surface area contributed by atoms with Gasteiger partial charge >= 0.3 is 5.69 Å². The number of aromatic nitrogens is 5. The van der Waals surface area contributed by atoms with Crippen molar-refractivity contribution in [2.24, 2.45) is 12.8 Å². The van der Waals surface area contributed by atoms with Crippen LogP contribution in [0.15, 0.2) is 64.0 Å². The van der Waals surface area contributed by atoms with Gasteiger partial charge in [0.15, 0.2) is 11.2 Å². The normalized spacial score (nSPS) is 17.1. The third-order valence-corrected chi connectivity index (χ3v) is 8.95. The molecule has 2 fully saturated rings. The van der Waals surface area contributed by atoms with E-state index in [9.17, 15) is 14.4 Å². The number of nitrogens with two attached hydrogens (primary N) is 1. The topological polar surface area (TPSA) is 118 Å². The Balaban J connectivity index is 1.42. The molecule has 2 aliphatic rings. The monoisotopic (exact) mass is 566 g/mol. The van der Waals surface area contributed by atoms with Gasteiger partial charge in [-0.2, -0.15) is 0 Å². The van der Waals surface area contributed by atoms with Gasteiger partial charge < -0.3 is 10.3 Å². The van der Waals surface area contributed by atoms with Gasteiger partial charge in [0.2, 0.25) is 5.91 Å². The molecule has 0 atom stereocenters. The van der Waals surface area contributed by atoms with E-state index < -0.39 is 5.91 Å². The highest BCUT2D eigenvalue weighted by Crippen LogP contribution is 2.32. The molecule has 4 aromatic rings. The molecule has 9 heteroatoms. The van der Waals surface area contributed by atoms with E-state index in [1.807, 2.05) is 52.6 Å². The van der Waals surface area contributed by atoms with Crippen LogP contribution in [0.25, 0.3) is 28.6 Å². The number of amides is 1. The number of benzene rings is 1. The molecule has 0 unspecified atom stereocenters. The van der Waals surface area contributed by atoms with Crippen LogP contribution < -0.4 is 17.0 Å². The van der Waals surface area contributed by atoms with Gasteiger partial charge in [-0.1, -0.05) is 68.9 Å². The second-order valence-corrected chi connectivity index (χ2v) is 11.8. The maximum absolute atomic E-state index is 14.1. The zero-order valence-electron chi connectivity index (χ0n) is 24.2. The van der Waals surface area contributed by atoms with E-state index in [-0.39, 0.29) is 23.3 Å². The number of primary amides is 1. The summed E-state index contributed by atoms with van der Waals surface area (Å²) in [6.07, 6.45) is 15.7. The zero-order valence-corrected chi connectivity index (χ0v) is 24.2. The van der Waals surface area contributed by atoms with E-state index in [1.54, 1.807) is 18.5 Å². The Morgan fingerprint density at radius 2 is 1.57 bits per heavy atom. The first kappa shape index (κ1) is 27.9. The number of rotatable bonds is 7. The van der Waals surface area contributed by atoms with Gasteiger partial charge in [0.05, 0.1) is 0 Å². The van der Waals surface area contributed by atoms with Crippen LogP contribution in [0.4, 0.5) is 0 Å². The van der Waals surface area contributed by atoms with Crippen molar-refractivity contribution in [3.8, 4) is 11.4 Å². The first-order valence-corrected chi connectivity index (χ1v) is 15.2. The van der Waals surface area contributed by atoms with Crippen molar-refractivity contribution < 1.29 is 4.79 Å². The highest BCUT2D eigenvalue weighted by atomic mass is 16.2. The van der Waals surface area contributed by atoms with Crippen molar-refractivity contribution >= 4 is 23.1 Å². The number of imidazole rings is 1. The highest BCUT2D eigenvalue weighted by Gasteiger charge is 2.29. The smallest absolute Gasteiger partial charge is 0.333 e. The van der Waals surface area contributed by atoms with E-state index in [4.69, 9.17) is 10.7 Å². The van der Waals surface area contributed by atoms with Crippen molar-refractivity contribution in [2.45, 2.75) is 82.7 Å². The number of carbonyl (C=O) groups excluding carboxylic acids is 1. The molecule has 0 bridgehead atoms. The molecule has 218 valence electrons. The molecule has 0 aliphatic heterocycles. The standard InChI is InChI=1S/C33H38N6O3/c1-37-30(24-16-14-22(15-17-24)19-25(29(34)40)20-23-9-8-18-35-21-23)36-28-31(37)38(26-10-4-2-5-11-26)33(42)39(32(28)41)27-12-6-3-7-13-27/h8-9,14-19,21,26-27H,2-7,10-13,20H2,1H3,(H2,34,40)/b25-19+. The van der Waals surface area contributed by atoms with Gasteiger partial charge in [-0.05, 0) is 49.0 Å². The zero-order chi connectivity index (χ0) is 29.2. The van der Waals surface area contributed by atoms with Gasteiger partial charge in [-0.3, -0.25) is 23.7 Å². The van der Waals surface area contributed by atoms with E-state index in [0.717, 1.165) is 74.5 Å². The van der Waals surface area contributed by atoms with Gasteiger partial charge in [-0.15, -0.1) is 0 Å². The molecule has 2 aliphatic carbocycles. The molecule has 2 N–H and O–H groups in total. The SMILES string of the molecule is Cn1c(-c2ccc(/C=C(\Cc3cccnc3)C(N)=O)cc2)nc2c(=O)n(C3CCCCC3)c(=O)n(C3CCCCC3)c21. The van der Waals surface area contributed by atoms with Crippen molar-refractivity contribution in [3.63, 3.8) is 0 Å². The molecule has 0 radical (unpaired) electrons. The molecular formula is C33H38N6O3. The molecule has 0 spiro atoms. The third kappa shape index (κ3) is 5.35. The van der Waals surface area contributed by atoms with Gasteiger partial charge in [0.25, 0.3) is 5.56 Å². The van der Waals surface area contributed by atoms with Gasteiger partial charge in [0.1, 0.15) is 5.82 Å². The number of fused-ring (bicyclic) bond motifs is 1. The Hall–Kier alpha value is -4.27. The minimum atomic E-state index is -0.479. The first-order valence-electron chi connectivity index (χ1n) is 15.2. The Labute approximate surface area is 244 Å². The maximum atomic E-state index is 14.1. The van der Waals surface area contributed by atoms with Crippen molar-refractivity contribution in [2.75, 3.05) is 0 Å². The predicted octanol–water partition coefficient (Wildman–Crippen LogP) is 5.08. The highest BCUT2D eigenvalue weighted by molar-refractivity contribution is 5.97. The van der Waals surface area contributed by atoms with E-state index >= 15 is 0 Å². The fourth-order valence-corrected chi connectivity index (χ4v) is 6.77. The Morgan fingerprint density at radius 1 is 0.929 bits per heavy atom. The second-order valence-electron chi connectivity index (χ2n) is 11.8. The summed E-state index contributed by atoms with van der Waals surface area (Å²) < 4.78 is 5.31. The van der Waals surface area contributed by atoms with Crippen LogP contribution in [0, 0.1) is 0 Å². The average Bonchev–Trinajstić information content (AvgIpc) is 3.36. The lowest BCUT2D eigenvalue weighted by atomic mass is 9.94. The molecule has 0 saturated heterocycles. The molecule has 1 amide bonds. The van der Waals surface area contributed by atoms with Gasteiger partial charge in [-0.25, -0.2) is 9.78 Å². The lowest BCUT2D eigenvalue weighted by Gasteiger charge is -2.28. The predicted molar refractivity (Wildman–Crippen MR) is 164 cm³/mol. The largest absolute Gasteiger partial charge is 0.366 e. The summed E-state index contributed by atoms with van der Waals surface area (Å²) in [6, 6.07) is 11.4. The van der Waals surface area contributed by atoms with E-state index in [0.29, 0.717) is 29.0 Å². The average molecular weight is 567 g/mol. The van der Waals surface area contributed by atoms with Crippen LogP contribution >= 0.6 is 0 Å². The third-order valence-electron chi connectivity index (χ3n) is 8.95. The van der Waals surface area contributed by atoms with Crippen molar-refractivity contribution in [1.29, 1.82) is 0 Å². The maximum Gasteiger partial charge on any atom is 0.333 e. The lowest BCUT2D eigenvalue weighted by Crippen LogP contribution is -2.44. The number of nitrogens with zero attached hydrogens (tertiary/aromatic N) is 5. The Morgan fingerprint density at radius 3 is 2.17 bits per heavy atom. The quantitative estimate of drug-likeness (QED) is 0.313. The fraction of sp³-hybridized carbons (Fsp3) is 0.424. The molecule has 9 nitrogen and oxygen atoms in total. The summed E-state index contributed by atoms with van der Waals surface area (Å²) >= 11 is 0. The van der Waals surface area contributed by atoms with Crippen molar-refractivity contribution in [3.05, 3.63) is 86.3 Å². The van der Waals surface area contributed by atoms with Crippen LogP contribution in [-0.2, 0) is 18.3 Å². The number of aryl methyl sites for hydroxylation is 1. The van der Waals surface area contributed by atoms with Crippen LogP contribution in [0.3, 0.4) is 0 Å². The number of hydrogen-bond donors (Lipinski definition) is 1. The molecule has 6 rings (SSSR count). The molecule has 1 aromatic carbocycles. The fourth-order valence-electron chi connectivity index (χ4n) is 6.77. The summed E-state index contributed by atoms with van der Waals surface area (Å²) in [5, 5.41) is 0. The number of carbonyl (C=O) groups is 1. The lowest BCUT2D eigenvalue weighted by molar-refractivity contribution is -0.114. The van der Waals surface area contributed by atoms with Crippen LogP contribution in [0.2, 0.25) is 0 Å². The number of pyridine rings is 1. The van der Waals surface area contributed by atoms with Crippen LogP contribution in [-0.4, -0.2) is 29.6 Å². The summed E-state index contributed by atoms with van der Waals surface area (Å²) in [4.78, 5) is 49.1. The Bertz CT molecular complexity index is 1740. The number of hydrogen-bond acceptors (Lipinski definition) is 5. The Kier molecular flexibility index (Phi) is 7.91. The first-order chi connectivity index (χ1) is 20.4. The van der Waals surface area contributed by atoms with Crippen LogP contribution in [0.5, 0.6) is 0 Å².